The fourth-order valence-corrected chi connectivity index (χ4v) is 2.20. The monoisotopic (exact) mass is 238 g/mol. The molecule has 1 fully saturated rings. The van der Waals surface area contributed by atoms with Gasteiger partial charge in [-0.3, -0.25) is 0 Å². The van der Waals surface area contributed by atoms with E-state index in [-0.39, 0.29) is 0 Å². The molecule has 1 aliphatic heterocycles. The molecule has 3 heteroatoms. The number of halogens is 1. The Balaban J connectivity index is 1.77. The van der Waals surface area contributed by atoms with Crippen LogP contribution >= 0.6 is 11.6 Å². The van der Waals surface area contributed by atoms with Crippen molar-refractivity contribution in [3.63, 3.8) is 0 Å². The van der Waals surface area contributed by atoms with Crippen molar-refractivity contribution in [2.75, 3.05) is 20.1 Å². The van der Waals surface area contributed by atoms with Crippen LogP contribution in [-0.4, -0.2) is 31.1 Å². The number of hydrogen-bond donors (Lipinski definition) is 1. The minimum Gasteiger partial charge on any atom is -0.310 e. The molecule has 0 aromatic heterocycles. The topological polar surface area (TPSA) is 15.3 Å². The Morgan fingerprint density at radius 1 is 1.25 bits per heavy atom. The Kier molecular flexibility index (Phi) is 4.22. The van der Waals surface area contributed by atoms with E-state index in [1.165, 1.54) is 31.5 Å². The Labute approximate surface area is 103 Å². The zero-order valence-corrected chi connectivity index (χ0v) is 10.5. The minimum atomic E-state index is 0.673. The molecule has 1 aromatic rings. The average molecular weight is 239 g/mol. The second-order valence-corrected chi connectivity index (χ2v) is 5.02. The third-order valence-electron chi connectivity index (χ3n) is 3.23. The van der Waals surface area contributed by atoms with E-state index in [0.717, 1.165) is 11.6 Å². The number of hydrogen-bond acceptors (Lipinski definition) is 2. The lowest BCUT2D eigenvalue weighted by atomic mass is 10.1. The van der Waals surface area contributed by atoms with Crippen LogP contribution in [0.4, 0.5) is 0 Å². The lowest BCUT2D eigenvalue weighted by Gasteiger charge is -2.29. The van der Waals surface area contributed by atoms with Gasteiger partial charge in [-0.1, -0.05) is 23.7 Å². The van der Waals surface area contributed by atoms with Crippen LogP contribution in [0.5, 0.6) is 0 Å². The second-order valence-electron chi connectivity index (χ2n) is 4.58. The maximum atomic E-state index is 5.85. The van der Waals surface area contributed by atoms with Gasteiger partial charge in [-0.05, 0) is 50.7 Å². The van der Waals surface area contributed by atoms with E-state index in [1.54, 1.807) is 0 Å². The summed E-state index contributed by atoms with van der Waals surface area (Å²) in [7, 11) is 2.19. The first-order chi connectivity index (χ1) is 7.74. The predicted molar refractivity (Wildman–Crippen MR) is 68.8 cm³/mol. The molecule has 0 atom stereocenters. The predicted octanol–water partition coefficient (Wildman–Crippen LogP) is 2.52. The van der Waals surface area contributed by atoms with Gasteiger partial charge in [0.15, 0.2) is 0 Å². The average Bonchev–Trinajstić information content (AvgIpc) is 2.30. The molecular weight excluding hydrogens is 220 g/mol. The fraction of sp³-hybridized carbons (Fsp3) is 0.538. The van der Waals surface area contributed by atoms with Gasteiger partial charge in [0.1, 0.15) is 0 Å². The van der Waals surface area contributed by atoms with Gasteiger partial charge in [-0.25, -0.2) is 0 Å². The van der Waals surface area contributed by atoms with Gasteiger partial charge < -0.3 is 10.2 Å². The van der Waals surface area contributed by atoms with E-state index >= 15 is 0 Å². The molecule has 16 heavy (non-hydrogen) atoms. The van der Waals surface area contributed by atoms with Crippen molar-refractivity contribution in [2.24, 2.45) is 0 Å². The maximum Gasteiger partial charge on any atom is 0.0406 e. The highest BCUT2D eigenvalue weighted by Crippen LogP contribution is 2.11. The van der Waals surface area contributed by atoms with Crippen LogP contribution in [-0.2, 0) is 6.54 Å². The summed E-state index contributed by atoms with van der Waals surface area (Å²) in [6, 6.07) is 8.75. The Bertz CT molecular complexity index is 315. The van der Waals surface area contributed by atoms with Gasteiger partial charge in [0, 0.05) is 17.6 Å². The van der Waals surface area contributed by atoms with Crippen LogP contribution in [0.3, 0.4) is 0 Å². The van der Waals surface area contributed by atoms with Crippen LogP contribution in [0, 0.1) is 0 Å². The van der Waals surface area contributed by atoms with Gasteiger partial charge in [0.05, 0.1) is 0 Å². The smallest absolute Gasteiger partial charge is 0.0406 e. The van der Waals surface area contributed by atoms with E-state index in [4.69, 9.17) is 11.6 Å². The maximum absolute atomic E-state index is 5.85. The highest BCUT2D eigenvalue weighted by Gasteiger charge is 2.15. The Hall–Kier alpha value is -0.570. The molecule has 0 spiro atoms. The zero-order valence-electron chi connectivity index (χ0n) is 9.75. The normalized spacial score (nSPS) is 18.9. The molecule has 2 rings (SSSR count). The molecule has 1 heterocycles. The first kappa shape index (κ1) is 11.9. The summed E-state index contributed by atoms with van der Waals surface area (Å²) in [5, 5.41) is 4.42. The van der Waals surface area contributed by atoms with Crippen LogP contribution in [0.1, 0.15) is 18.4 Å². The van der Waals surface area contributed by atoms with Gasteiger partial charge in [0.25, 0.3) is 0 Å². The Morgan fingerprint density at radius 2 is 1.88 bits per heavy atom. The van der Waals surface area contributed by atoms with E-state index in [9.17, 15) is 0 Å². The lowest BCUT2D eigenvalue weighted by Crippen LogP contribution is -2.40. The Morgan fingerprint density at radius 3 is 2.50 bits per heavy atom. The number of likely N-dealkylation sites (tertiary alicyclic amines) is 1. The molecule has 0 radical (unpaired) electrons. The highest BCUT2D eigenvalue weighted by molar-refractivity contribution is 6.30. The summed E-state index contributed by atoms with van der Waals surface area (Å²) >= 11 is 5.85. The van der Waals surface area contributed by atoms with E-state index < -0.39 is 0 Å². The zero-order chi connectivity index (χ0) is 11.4. The minimum absolute atomic E-state index is 0.673. The van der Waals surface area contributed by atoms with Crippen molar-refractivity contribution in [1.29, 1.82) is 0 Å². The molecule has 0 aliphatic carbocycles. The lowest BCUT2D eigenvalue weighted by molar-refractivity contribution is 0.234. The largest absolute Gasteiger partial charge is 0.310 e. The summed E-state index contributed by atoms with van der Waals surface area (Å²) in [6.07, 6.45) is 2.51. The van der Waals surface area contributed by atoms with E-state index in [0.29, 0.717) is 6.04 Å². The highest BCUT2D eigenvalue weighted by atomic mass is 35.5. The van der Waals surface area contributed by atoms with Crippen molar-refractivity contribution in [1.82, 2.24) is 10.2 Å². The summed E-state index contributed by atoms with van der Waals surface area (Å²) in [5.41, 5.74) is 1.31. The van der Waals surface area contributed by atoms with E-state index in [2.05, 4.69) is 29.4 Å². The fourth-order valence-electron chi connectivity index (χ4n) is 2.08. The molecule has 88 valence electrons. The summed E-state index contributed by atoms with van der Waals surface area (Å²) in [6.45, 7) is 3.36. The molecule has 0 amide bonds. The number of benzene rings is 1. The number of piperidine rings is 1. The van der Waals surface area contributed by atoms with Gasteiger partial charge in [-0.15, -0.1) is 0 Å². The molecular formula is C13H19ClN2. The van der Waals surface area contributed by atoms with Crippen molar-refractivity contribution in [3.8, 4) is 0 Å². The van der Waals surface area contributed by atoms with Gasteiger partial charge in [0.2, 0.25) is 0 Å². The van der Waals surface area contributed by atoms with Crippen molar-refractivity contribution in [3.05, 3.63) is 34.9 Å². The summed E-state index contributed by atoms with van der Waals surface area (Å²) < 4.78 is 0. The van der Waals surface area contributed by atoms with Crippen LogP contribution in [0.25, 0.3) is 0 Å². The third kappa shape index (κ3) is 3.48. The molecule has 1 N–H and O–H groups in total. The van der Waals surface area contributed by atoms with Crippen LogP contribution < -0.4 is 5.32 Å². The van der Waals surface area contributed by atoms with E-state index in [1.807, 2.05) is 12.1 Å². The number of nitrogens with zero attached hydrogens (tertiary/aromatic N) is 1. The second kappa shape index (κ2) is 5.67. The van der Waals surface area contributed by atoms with Gasteiger partial charge in [-0.2, -0.15) is 0 Å². The molecule has 1 saturated heterocycles. The SMILES string of the molecule is CN1CCC(NCc2ccc(Cl)cc2)CC1. The van der Waals surface area contributed by atoms with Crippen molar-refractivity contribution in [2.45, 2.75) is 25.4 Å². The van der Waals surface area contributed by atoms with Crippen LogP contribution in [0.15, 0.2) is 24.3 Å². The van der Waals surface area contributed by atoms with Gasteiger partial charge >= 0.3 is 0 Å². The number of rotatable bonds is 3. The van der Waals surface area contributed by atoms with Crippen molar-refractivity contribution >= 4 is 11.6 Å². The number of nitrogens with one attached hydrogen (secondary N) is 1. The molecule has 1 aromatic carbocycles. The van der Waals surface area contributed by atoms with Crippen LogP contribution in [0.2, 0.25) is 5.02 Å². The third-order valence-corrected chi connectivity index (χ3v) is 3.48. The molecule has 1 aliphatic rings. The molecule has 0 bridgehead atoms. The first-order valence-electron chi connectivity index (χ1n) is 5.90. The quantitative estimate of drug-likeness (QED) is 0.871. The van der Waals surface area contributed by atoms with Crippen molar-refractivity contribution < 1.29 is 0 Å². The first-order valence-corrected chi connectivity index (χ1v) is 6.28. The standard InChI is InChI=1S/C13H19ClN2/c1-16-8-6-13(7-9-16)15-10-11-2-4-12(14)5-3-11/h2-5,13,15H,6-10H2,1H3. The molecule has 0 saturated carbocycles. The summed E-state index contributed by atoms with van der Waals surface area (Å²) in [5.74, 6) is 0. The summed E-state index contributed by atoms with van der Waals surface area (Å²) in [4.78, 5) is 2.39. The molecule has 0 unspecified atom stereocenters. The molecule has 2 nitrogen and oxygen atoms in total.